The summed E-state index contributed by atoms with van der Waals surface area (Å²) in [5.74, 6) is -2.76. The molecule has 11 nitrogen and oxygen atoms in total. The number of hydrogen-bond donors (Lipinski definition) is 0. The van der Waals surface area contributed by atoms with E-state index in [-0.39, 0.29) is 67.0 Å². The van der Waals surface area contributed by atoms with Crippen LogP contribution in [-0.2, 0) is 4.89 Å². The van der Waals surface area contributed by atoms with Crippen LogP contribution in [0.5, 0.6) is 0 Å². The minimum Gasteiger partial charge on any atom is -0.661 e. The van der Waals surface area contributed by atoms with Crippen molar-refractivity contribution in [3.63, 3.8) is 0 Å². The molecule has 0 fully saturated rings. The molecule has 20 heavy (non-hydrogen) atoms. The molecular weight excluding hydrogens is 296 g/mol. The minimum atomic E-state index is -1.53. The van der Waals surface area contributed by atoms with Crippen LogP contribution in [0.4, 0.5) is 0 Å². The predicted octanol–water partition coefficient (Wildman–Crippen LogP) is -6.85. The third-order valence-corrected chi connectivity index (χ3v) is 1.44. The van der Waals surface area contributed by atoms with Gasteiger partial charge in [0.25, 0.3) is 0 Å². The van der Waals surface area contributed by atoms with E-state index in [2.05, 4.69) is 4.89 Å². The molecule has 1 aromatic rings. The minimum absolute atomic E-state index is 0. The van der Waals surface area contributed by atoms with E-state index in [0.29, 0.717) is 0 Å². The summed E-state index contributed by atoms with van der Waals surface area (Å²) in [6.45, 7) is 0. The summed E-state index contributed by atoms with van der Waals surface area (Å²) >= 11 is 0. The zero-order chi connectivity index (χ0) is 9.84. The molecule has 0 saturated heterocycles. The van der Waals surface area contributed by atoms with E-state index in [1.807, 2.05) is 0 Å². The van der Waals surface area contributed by atoms with Crippen molar-refractivity contribution in [1.29, 1.82) is 0 Å². The van der Waals surface area contributed by atoms with Gasteiger partial charge in [0.2, 0.25) is 0 Å². The molecule has 1 aromatic carbocycles. The fourth-order valence-electron chi connectivity index (χ4n) is 0.884. The maximum atomic E-state index is 10.7. The second kappa shape index (κ2) is 20.0. The summed E-state index contributed by atoms with van der Waals surface area (Å²) < 4.78 is 0. The molecule has 12 heteroatoms. The molecule has 0 aliphatic heterocycles. The summed E-state index contributed by atoms with van der Waals surface area (Å²) in [5.41, 5.74) is -0.666. The number of aromatic carboxylic acids is 1. The van der Waals surface area contributed by atoms with E-state index in [1.54, 1.807) is 0 Å². The van der Waals surface area contributed by atoms with Gasteiger partial charge in [-0.2, -0.15) is 0 Å². The molecule has 0 amide bonds. The van der Waals surface area contributed by atoms with Gasteiger partial charge in [0, 0.05) is 5.56 Å². The Morgan fingerprint density at radius 1 is 0.850 bits per heavy atom. The largest absolute Gasteiger partial charge is 2.00 e. The summed E-state index contributed by atoms with van der Waals surface area (Å²) in [6.07, 6.45) is 0. The molecule has 0 unspecified atom stereocenters. The molecule has 0 spiro atoms. The van der Waals surface area contributed by atoms with Crippen LogP contribution in [0.15, 0.2) is 24.3 Å². The number of hydrogen-bond acceptors (Lipinski definition) is 5. The van der Waals surface area contributed by atoms with Crippen molar-refractivity contribution in [3.05, 3.63) is 35.4 Å². The summed E-state index contributed by atoms with van der Waals surface area (Å²) in [7, 11) is 0. The van der Waals surface area contributed by atoms with Crippen LogP contribution in [0.25, 0.3) is 0 Å². The summed E-state index contributed by atoms with van der Waals surface area (Å²) in [4.78, 5) is 24.3. The quantitative estimate of drug-likeness (QED) is 0.291. The van der Waals surface area contributed by atoms with Crippen LogP contribution in [0.1, 0.15) is 20.7 Å². The number of benzene rings is 1. The number of carboxylic acid groups (broad SMARTS) is 1. The van der Waals surface area contributed by atoms with E-state index in [0.717, 1.165) is 6.07 Å². The van der Waals surface area contributed by atoms with Gasteiger partial charge in [-0.1, -0.05) is 18.2 Å². The van der Waals surface area contributed by atoms with Crippen molar-refractivity contribution in [3.8, 4) is 0 Å². The molecule has 0 bridgehead atoms. The molecule has 0 radical (unpaired) electrons. The van der Waals surface area contributed by atoms with E-state index < -0.39 is 11.9 Å². The van der Waals surface area contributed by atoms with Crippen molar-refractivity contribution in [2.75, 3.05) is 0 Å². The number of rotatable bonds is 2. The molecule has 0 atom stereocenters. The van der Waals surface area contributed by atoms with Gasteiger partial charge in [-0.25, -0.2) is 4.79 Å². The Morgan fingerprint density at radius 3 is 1.50 bits per heavy atom. The Morgan fingerprint density at radius 2 is 1.20 bits per heavy atom. The van der Waals surface area contributed by atoms with Gasteiger partial charge in [0.1, 0.15) is 0 Å². The van der Waals surface area contributed by atoms with Crippen molar-refractivity contribution < 1.29 is 57.7 Å². The fraction of sp³-hybridized carbons (Fsp3) is 0. The van der Waals surface area contributed by atoms with Gasteiger partial charge in [-0.05, 0) is 6.07 Å². The summed E-state index contributed by atoms with van der Waals surface area (Å²) in [6, 6.07) is 5.15. The molecule has 1 rings (SSSR count). The molecule has 116 valence electrons. The van der Waals surface area contributed by atoms with Gasteiger partial charge in [-0.15, -0.1) is 0 Å². The normalized spacial score (nSPS) is 6.05. The molecule has 0 aliphatic carbocycles. The average Bonchev–Trinajstić information content (AvgIpc) is 2.16. The van der Waals surface area contributed by atoms with Gasteiger partial charge >= 0.3 is 29.0 Å². The standard InChI is InChI=1S/C8H6O5.Mg.6H2O/c9-7(10)5-3-1-2-4-6(5)8(11)13-12;;;;;;;/h1-4,12H,(H,9,10);;6*1H2/q;+2;;;;;;/p-2. The first kappa shape index (κ1) is 42.8. The Bertz CT molecular complexity index is 356. The molecule has 0 heterocycles. The Kier molecular flexibility index (Phi) is 42.8. The zero-order valence-corrected chi connectivity index (χ0v) is 11.5. The maximum absolute atomic E-state index is 10.7. The predicted molar refractivity (Wildman–Crippen MR) is 63.6 cm³/mol. The van der Waals surface area contributed by atoms with Gasteiger partial charge in [-0.3, -0.25) is 0 Å². The van der Waals surface area contributed by atoms with E-state index in [9.17, 15) is 20.0 Å². The number of carboxylic acids is 1. The number of carbonyl (C=O) groups is 2. The van der Waals surface area contributed by atoms with E-state index in [1.165, 1.54) is 18.2 Å². The van der Waals surface area contributed by atoms with Crippen LogP contribution < -0.4 is 10.4 Å². The molecule has 0 aromatic heterocycles. The van der Waals surface area contributed by atoms with Crippen LogP contribution >= 0.6 is 0 Å². The SMILES string of the molecule is O.O.O.O.O.O.O=C([O-])c1ccccc1C(=O)O[O-].[Mg+2]. The van der Waals surface area contributed by atoms with Crippen molar-refractivity contribution in [2.24, 2.45) is 0 Å². The molecule has 12 N–H and O–H groups in total. The first-order chi connectivity index (χ1) is 6.16. The van der Waals surface area contributed by atoms with Crippen LogP contribution in [0.2, 0.25) is 0 Å². The van der Waals surface area contributed by atoms with Gasteiger partial charge in [0.05, 0.1) is 11.5 Å². The zero-order valence-electron chi connectivity index (χ0n) is 10.1. The maximum Gasteiger partial charge on any atom is 2.00 e. The van der Waals surface area contributed by atoms with Crippen molar-refractivity contribution in [1.82, 2.24) is 0 Å². The monoisotopic (exact) mass is 312 g/mol. The van der Waals surface area contributed by atoms with Gasteiger partial charge < -0.3 is 52.9 Å². The Hall–Kier alpha value is -1.35. The van der Waals surface area contributed by atoms with Gasteiger partial charge in [0.15, 0.2) is 0 Å². The van der Waals surface area contributed by atoms with Crippen molar-refractivity contribution in [2.45, 2.75) is 0 Å². The first-order valence-electron chi connectivity index (χ1n) is 3.31. The van der Waals surface area contributed by atoms with E-state index >= 15 is 0 Å². The molecule has 0 saturated carbocycles. The second-order valence-corrected chi connectivity index (χ2v) is 2.20. The van der Waals surface area contributed by atoms with Crippen molar-refractivity contribution >= 4 is 35.0 Å². The van der Waals surface area contributed by atoms with Crippen LogP contribution in [0.3, 0.4) is 0 Å². The van der Waals surface area contributed by atoms with Crippen LogP contribution in [0, 0.1) is 0 Å². The molecule has 0 aliphatic rings. The first-order valence-corrected chi connectivity index (χ1v) is 3.31. The third kappa shape index (κ3) is 10.6. The molecular formula is C8H16MgO11. The van der Waals surface area contributed by atoms with E-state index in [4.69, 9.17) is 0 Å². The Labute approximate surface area is 128 Å². The summed E-state index contributed by atoms with van der Waals surface area (Å²) in [5, 5.41) is 20.2. The topological polar surface area (TPSA) is 278 Å². The Balaban J connectivity index is -0.0000000483. The number of carbonyl (C=O) groups excluding carboxylic acids is 2. The van der Waals surface area contributed by atoms with Crippen LogP contribution in [-0.4, -0.2) is 67.8 Å². The third-order valence-electron chi connectivity index (χ3n) is 1.44. The average molecular weight is 313 g/mol. The second-order valence-electron chi connectivity index (χ2n) is 2.20. The smallest absolute Gasteiger partial charge is 0.661 e. The fourth-order valence-corrected chi connectivity index (χ4v) is 0.884.